The molecule has 0 unspecified atom stereocenters. The van der Waals surface area contributed by atoms with Crippen molar-refractivity contribution in [3.05, 3.63) is 48.8 Å². The normalized spacial score (nSPS) is 9.89. The zero-order valence-electron chi connectivity index (χ0n) is 10.5. The van der Waals surface area contributed by atoms with E-state index in [9.17, 15) is 0 Å². The molecule has 94 valence electrons. The standard InChI is InChI=1S/C14H16NO3/c1-3-17-12-6-4-7-13(10-12)18-14-8-5-9-15(11-14)16-2/h4-11H,3H2,1-2H3/q+1. The van der Waals surface area contributed by atoms with E-state index >= 15 is 0 Å². The Morgan fingerprint density at radius 2 is 1.83 bits per heavy atom. The van der Waals surface area contributed by atoms with Crippen molar-refractivity contribution in [3.8, 4) is 17.2 Å². The molecular formula is C14H16NO3+. The zero-order valence-corrected chi connectivity index (χ0v) is 10.5. The lowest BCUT2D eigenvalue weighted by atomic mass is 10.3. The molecule has 1 aromatic carbocycles. The molecule has 0 spiro atoms. The summed E-state index contributed by atoms with van der Waals surface area (Å²) >= 11 is 0. The van der Waals surface area contributed by atoms with E-state index < -0.39 is 0 Å². The molecule has 0 saturated heterocycles. The van der Waals surface area contributed by atoms with Crippen molar-refractivity contribution in [1.29, 1.82) is 0 Å². The summed E-state index contributed by atoms with van der Waals surface area (Å²) in [6, 6.07) is 11.2. The van der Waals surface area contributed by atoms with Gasteiger partial charge in [0.1, 0.15) is 18.6 Å². The molecule has 0 aliphatic carbocycles. The Morgan fingerprint density at radius 1 is 1.06 bits per heavy atom. The first kappa shape index (κ1) is 12.2. The number of benzene rings is 1. The summed E-state index contributed by atoms with van der Waals surface area (Å²) < 4.78 is 12.7. The number of pyridine rings is 1. The molecule has 0 N–H and O–H groups in total. The van der Waals surface area contributed by atoms with E-state index in [1.807, 2.05) is 43.3 Å². The average Bonchev–Trinajstić information content (AvgIpc) is 2.40. The summed E-state index contributed by atoms with van der Waals surface area (Å²) in [5, 5.41) is 0. The second-order valence-corrected chi connectivity index (χ2v) is 3.59. The summed E-state index contributed by atoms with van der Waals surface area (Å²) in [6.07, 6.45) is 3.55. The van der Waals surface area contributed by atoms with E-state index in [4.69, 9.17) is 14.3 Å². The average molecular weight is 246 g/mol. The molecule has 4 heteroatoms. The van der Waals surface area contributed by atoms with Crippen molar-refractivity contribution in [1.82, 2.24) is 0 Å². The molecule has 4 nitrogen and oxygen atoms in total. The number of hydrogen-bond acceptors (Lipinski definition) is 3. The molecule has 0 fully saturated rings. The number of hydrogen-bond donors (Lipinski definition) is 0. The topological polar surface area (TPSA) is 31.6 Å². The molecule has 0 aliphatic rings. The molecule has 0 amide bonds. The number of rotatable bonds is 5. The summed E-state index contributed by atoms with van der Waals surface area (Å²) in [5.74, 6) is 2.23. The quantitative estimate of drug-likeness (QED) is 0.758. The molecule has 0 radical (unpaired) electrons. The minimum absolute atomic E-state index is 0.637. The largest absolute Gasteiger partial charge is 0.494 e. The van der Waals surface area contributed by atoms with Crippen LogP contribution in [0.3, 0.4) is 0 Å². The van der Waals surface area contributed by atoms with Gasteiger partial charge in [-0.15, -0.1) is 0 Å². The molecule has 1 heterocycles. The Morgan fingerprint density at radius 3 is 2.61 bits per heavy atom. The Labute approximate surface area is 106 Å². The molecule has 2 rings (SSSR count). The molecule has 0 atom stereocenters. The molecular weight excluding hydrogens is 230 g/mol. The van der Waals surface area contributed by atoms with Gasteiger partial charge < -0.3 is 9.47 Å². The van der Waals surface area contributed by atoms with Gasteiger partial charge in [-0.25, -0.2) is 0 Å². The second kappa shape index (κ2) is 5.91. The van der Waals surface area contributed by atoms with Crippen LogP contribution in [-0.2, 0) is 0 Å². The van der Waals surface area contributed by atoms with Crippen LogP contribution in [0.25, 0.3) is 0 Å². The predicted molar refractivity (Wildman–Crippen MR) is 66.8 cm³/mol. The lowest BCUT2D eigenvalue weighted by Gasteiger charge is -2.06. The number of ether oxygens (including phenoxy) is 2. The molecule has 0 aliphatic heterocycles. The van der Waals surface area contributed by atoms with Gasteiger partial charge in [0.25, 0.3) is 6.20 Å². The highest BCUT2D eigenvalue weighted by Gasteiger charge is 2.05. The Balaban J connectivity index is 2.14. The minimum Gasteiger partial charge on any atom is -0.494 e. The van der Waals surface area contributed by atoms with Gasteiger partial charge in [-0.1, -0.05) is 6.07 Å². The van der Waals surface area contributed by atoms with E-state index in [1.54, 1.807) is 24.2 Å². The van der Waals surface area contributed by atoms with Crippen LogP contribution in [0, 0.1) is 0 Å². The maximum absolute atomic E-state index is 5.73. The van der Waals surface area contributed by atoms with Gasteiger partial charge in [0.05, 0.1) is 6.61 Å². The van der Waals surface area contributed by atoms with Crippen LogP contribution in [0.1, 0.15) is 6.92 Å². The van der Waals surface area contributed by atoms with Gasteiger partial charge in [0, 0.05) is 16.9 Å². The Hall–Kier alpha value is -2.23. The second-order valence-electron chi connectivity index (χ2n) is 3.59. The predicted octanol–water partition coefficient (Wildman–Crippen LogP) is 2.22. The maximum atomic E-state index is 5.73. The van der Waals surface area contributed by atoms with E-state index in [2.05, 4.69) is 0 Å². The van der Waals surface area contributed by atoms with Crippen molar-refractivity contribution in [2.24, 2.45) is 0 Å². The summed E-state index contributed by atoms with van der Waals surface area (Å²) in [7, 11) is 1.60. The first-order chi connectivity index (χ1) is 8.81. The van der Waals surface area contributed by atoms with Crippen LogP contribution in [0.15, 0.2) is 48.8 Å². The van der Waals surface area contributed by atoms with Crippen molar-refractivity contribution in [2.75, 3.05) is 13.7 Å². The van der Waals surface area contributed by atoms with E-state index in [-0.39, 0.29) is 0 Å². The molecule has 1 aromatic heterocycles. The van der Waals surface area contributed by atoms with Crippen molar-refractivity contribution in [2.45, 2.75) is 6.92 Å². The van der Waals surface area contributed by atoms with Crippen LogP contribution >= 0.6 is 0 Å². The summed E-state index contributed by atoms with van der Waals surface area (Å²) in [6.45, 7) is 2.59. The van der Waals surface area contributed by atoms with Gasteiger partial charge in [-0.05, 0) is 25.1 Å². The van der Waals surface area contributed by atoms with Gasteiger partial charge >= 0.3 is 0 Å². The van der Waals surface area contributed by atoms with Crippen molar-refractivity contribution in [3.63, 3.8) is 0 Å². The van der Waals surface area contributed by atoms with Crippen LogP contribution in [0.2, 0.25) is 0 Å². The van der Waals surface area contributed by atoms with Crippen molar-refractivity contribution < 1.29 is 19.0 Å². The monoisotopic (exact) mass is 246 g/mol. The third-order valence-electron chi connectivity index (χ3n) is 2.31. The summed E-state index contributed by atoms with van der Waals surface area (Å²) in [5.41, 5.74) is 0. The zero-order chi connectivity index (χ0) is 12.8. The maximum Gasteiger partial charge on any atom is 0.264 e. The lowest BCUT2D eigenvalue weighted by Crippen LogP contribution is -2.39. The van der Waals surface area contributed by atoms with E-state index in [0.717, 1.165) is 11.5 Å². The van der Waals surface area contributed by atoms with Crippen LogP contribution < -0.4 is 19.0 Å². The number of nitrogens with zero attached hydrogens (tertiary/aromatic N) is 1. The fourth-order valence-electron chi connectivity index (χ4n) is 1.54. The lowest BCUT2D eigenvalue weighted by molar-refractivity contribution is -0.885. The third-order valence-corrected chi connectivity index (χ3v) is 2.31. The molecule has 0 saturated carbocycles. The van der Waals surface area contributed by atoms with Gasteiger partial charge in [-0.2, -0.15) is 0 Å². The highest BCUT2D eigenvalue weighted by Crippen LogP contribution is 2.24. The van der Waals surface area contributed by atoms with Gasteiger partial charge in [0.2, 0.25) is 6.20 Å². The molecule has 0 bridgehead atoms. The summed E-state index contributed by atoms with van der Waals surface area (Å²) in [4.78, 5) is 5.07. The van der Waals surface area contributed by atoms with E-state index in [1.165, 1.54) is 0 Å². The van der Waals surface area contributed by atoms with Gasteiger partial charge in [-0.3, -0.25) is 4.84 Å². The first-order valence-corrected chi connectivity index (χ1v) is 5.78. The van der Waals surface area contributed by atoms with E-state index in [0.29, 0.717) is 12.4 Å². The Bertz CT molecular complexity index is 514. The van der Waals surface area contributed by atoms with Crippen molar-refractivity contribution >= 4 is 0 Å². The molecule has 2 aromatic rings. The fourth-order valence-corrected chi connectivity index (χ4v) is 1.54. The SMILES string of the molecule is CCOc1cccc(Oc2ccc[n+](OC)c2)c1. The smallest absolute Gasteiger partial charge is 0.264 e. The van der Waals surface area contributed by atoms with Gasteiger partial charge in [0.15, 0.2) is 5.75 Å². The number of aromatic nitrogens is 1. The minimum atomic E-state index is 0.637. The molecule has 18 heavy (non-hydrogen) atoms. The fraction of sp³-hybridized carbons (Fsp3) is 0.214. The highest BCUT2D eigenvalue weighted by atomic mass is 16.6. The Kier molecular flexibility index (Phi) is 4.02. The third kappa shape index (κ3) is 3.13. The first-order valence-electron chi connectivity index (χ1n) is 5.78. The van der Waals surface area contributed by atoms with Crippen LogP contribution in [-0.4, -0.2) is 13.7 Å². The van der Waals surface area contributed by atoms with Crippen LogP contribution in [0.4, 0.5) is 0 Å². The van der Waals surface area contributed by atoms with Crippen LogP contribution in [0.5, 0.6) is 17.2 Å². The highest BCUT2D eigenvalue weighted by molar-refractivity contribution is 5.35.